The third-order valence-electron chi connectivity index (χ3n) is 2.09. The number of esters is 1. The number of methoxy groups -OCH3 is 2. The molecule has 0 radical (unpaired) electrons. The molecule has 0 aliphatic heterocycles. The quantitative estimate of drug-likeness (QED) is 0.765. The van der Waals surface area contributed by atoms with Crippen LogP contribution in [0.5, 0.6) is 5.75 Å². The zero-order valence-corrected chi connectivity index (χ0v) is 8.98. The van der Waals surface area contributed by atoms with E-state index in [1.54, 1.807) is 0 Å². The molecule has 0 saturated carbocycles. The van der Waals surface area contributed by atoms with Gasteiger partial charge in [0.05, 0.1) is 32.5 Å². The summed E-state index contributed by atoms with van der Waals surface area (Å²) >= 11 is 0. The zero-order valence-electron chi connectivity index (χ0n) is 8.98. The average molecular weight is 221 g/mol. The summed E-state index contributed by atoms with van der Waals surface area (Å²) in [6, 6.07) is 4.76. The lowest BCUT2D eigenvalue weighted by atomic mass is 10.0. The van der Waals surface area contributed by atoms with Crippen LogP contribution in [0.25, 0.3) is 0 Å². The highest BCUT2D eigenvalue weighted by Gasteiger charge is 2.18. The standard InChI is InChI=1S/C11H11NO4/c1-15-9-4-7(5-12)3-8(6-13)10(9)11(14)16-2/h3-4,13H,6H2,1-2H3. The van der Waals surface area contributed by atoms with Crippen LogP contribution in [0.1, 0.15) is 21.5 Å². The molecule has 1 aromatic rings. The van der Waals surface area contributed by atoms with Gasteiger partial charge in [0.1, 0.15) is 11.3 Å². The highest BCUT2D eigenvalue weighted by atomic mass is 16.5. The molecule has 0 spiro atoms. The van der Waals surface area contributed by atoms with Crippen molar-refractivity contribution in [1.82, 2.24) is 0 Å². The monoisotopic (exact) mass is 221 g/mol. The van der Waals surface area contributed by atoms with Gasteiger partial charge < -0.3 is 14.6 Å². The van der Waals surface area contributed by atoms with Gasteiger partial charge in [-0.15, -0.1) is 0 Å². The molecule has 0 fully saturated rings. The molecule has 0 aliphatic rings. The van der Waals surface area contributed by atoms with Crippen LogP contribution < -0.4 is 4.74 Å². The Hall–Kier alpha value is -2.06. The van der Waals surface area contributed by atoms with Crippen molar-refractivity contribution in [2.45, 2.75) is 6.61 Å². The maximum Gasteiger partial charge on any atom is 0.342 e. The second-order valence-corrected chi connectivity index (χ2v) is 2.97. The Morgan fingerprint density at radius 2 is 2.19 bits per heavy atom. The van der Waals surface area contributed by atoms with Crippen molar-refractivity contribution in [3.63, 3.8) is 0 Å². The van der Waals surface area contributed by atoms with Crippen LogP contribution in [0.15, 0.2) is 12.1 Å². The molecule has 0 unspecified atom stereocenters. The summed E-state index contributed by atoms with van der Waals surface area (Å²) in [7, 11) is 2.62. The maximum atomic E-state index is 11.5. The first-order valence-corrected chi connectivity index (χ1v) is 4.48. The summed E-state index contributed by atoms with van der Waals surface area (Å²) in [5.74, 6) is -0.389. The largest absolute Gasteiger partial charge is 0.496 e. The average Bonchev–Trinajstić information content (AvgIpc) is 2.35. The van der Waals surface area contributed by atoms with Gasteiger partial charge in [-0.3, -0.25) is 0 Å². The first-order chi connectivity index (χ1) is 7.67. The lowest BCUT2D eigenvalue weighted by Crippen LogP contribution is -2.09. The number of carbonyl (C=O) groups is 1. The topological polar surface area (TPSA) is 79.5 Å². The smallest absolute Gasteiger partial charge is 0.342 e. The van der Waals surface area contributed by atoms with Crippen LogP contribution in [0, 0.1) is 11.3 Å². The fraction of sp³-hybridized carbons (Fsp3) is 0.273. The molecule has 16 heavy (non-hydrogen) atoms. The van der Waals surface area contributed by atoms with Crippen molar-refractivity contribution in [2.24, 2.45) is 0 Å². The van der Waals surface area contributed by atoms with Crippen LogP contribution in [0.4, 0.5) is 0 Å². The van der Waals surface area contributed by atoms with E-state index in [1.807, 2.05) is 6.07 Å². The Morgan fingerprint density at radius 3 is 2.62 bits per heavy atom. The number of aliphatic hydroxyl groups is 1. The number of hydrogen-bond donors (Lipinski definition) is 1. The molecule has 1 N–H and O–H groups in total. The number of hydrogen-bond acceptors (Lipinski definition) is 5. The van der Waals surface area contributed by atoms with Crippen molar-refractivity contribution >= 4 is 5.97 Å². The van der Waals surface area contributed by atoms with Gasteiger partial charge in [-0.2, -0.15) is 5.26 Å². The van der Waals surface area contributed by atoms with Crippen LogP contribution in [0.2, 0.25) is 0 Å². The van der Waals surface area contributed by atoms with E-state index in [0.717, 1.165) is 0 Å². The minimum absolute atomic E-state index is 0.145. The molecule has 84 valence electrons. The normalized spacial score (nSPS) is 9.38. The second kappa shape index (κ2) is 5.14. The van der Waals surface area contributed by atoms with Crippen molar-refractivity contribution in [3.8, 4) is 11.8 Å². The molecule has 0 saturated heterocycles. The predicted octanol–water partition coefficient (Wildman–Crippen LogP) is 0.846. The van der Waals surface area contributed by atoms with E-state index in [4.69, 9.17) is 15.1 Å². The van der Waals surface area contributed by atoms with Gasteiger partial charge in [-0.25, -0.2) is 4.79 Å². The van der Waals surface area contributed by atoms with Crippen molar-refractivity contribution in [1.29, 1.82) is 5.26 Å². The van der Waals surface area contributed by atoms with Crippen LogP contribution >= 0.6 is 0 Å². The SMILES string of the molecule is COC(=O)c1c(CO)cc(C#N)cc1OC. The van der Waals surface area contributed by atoms with Crippen molar-refractivity contribution < 1.29 is 19.4 Å². The molecular formula is C11H11NO4. The Morgan fingerprint density at radius 1 is 1.50 bits per heavy atom. The van der Waals surface area contributed by atoms with Gasteiger partial charge in [0.25, 0.3) is 0 Å². The van der Waals surface area contributed by atoms with E-state index >= 15 is 0 Å². The Kier molecular flexibility index (Phi) is 3.86. The van der Waals surface area contributed by atoms with Gasteiger partial charge in [-0.1, -0.05) is 0 Å². The van der Waals surface area contributed by atoms with E-state index < -0.39 is 5.97 Å². The molecule has 0 heterocycles. The minimum atomic E-state index is -0.606. The van der Waals surface area contributed by atoms with E-state index in [0.29, 0.717) is 11.1 Å². The summed E-state index contributed by atoms with van der Waals surface area (Å²) in [4.78, 5) is 11.5. The lowest BCUT2D eigenvalue weighted by molar-refractivity contribution is 0.0593. The summed E-state index contributed by atoms with van der Waals surface area (Å²) in [6.45, 7) is -0.365. The van der Waals surface area contributed by atoms with Crippen LogP contribution in [-0.4, -0.2) is 25.3 Å². The fourth-order valence-electron chi connectivity index (χ4n) is 1.36. The molecule has 0 aliphatic carbocycles. The molecule has 0 atom stereocenters. The number of aliphatic hydroxyl groups excluding tert-OH is 1. The third kappa shape index (κ3) is 2.12. The Bertz CT molecular complexity index is 423. The number of ether oxygens (including phenoxy) is 2. The third-order valence-corrected chi connectivity index (χ3v) is 2.09. The van der Waals surface area contributed by atoms with E-state index in [1.165, 1.54) is 26.4 Å². The number of rotatable bonds is 3. The first kappa shape index (κ1) is 12.0. The summed E-state index contributed by atoms with van der Waals surface area (Å²) in [6.07, 6.45) is 0. The van der Waals surface area contributed by atoms with Crippen LogP contribution in [-0.2, 0) is 11.3 Å². The number of benzene rings is 1. The van der Waals surface area contributed by atoms with Crippen LogP contribution in [0.3, 0.4) is 0 Å². The molecule has 5 heteroatoms. The highest BCUT2D eigenvalue weighted by Crippen LogP contribution is 2.25. The summed E-state index contributed by atoms with van der Waals surface area (Å²) in [5.41, 5.74) is 0.766. The van der Waals surface area contributed by atoms with Gasteiger partial charge in [0.15, 0.2) is 0 Å². The molecule has 0 amide bonds. The van der Waals surface area contributed by atoms with Crippen molar-refractivity contribution in [2.75, 3.05) is 14.2 Å². The van der Waals surface area contributed by atoms with E-state index in [2.05, 4.69) is 4.74 Å². The molecule has 1 rings (SSSR count). The predicted molar refractivity (Wildman–Crippen MR) is 55.0 cm³/mol. The molecular weight excluding hydrogens is 210 g/mol. The van der Waals surface area contributed by atoms with Gasteiger partial charge >= 0.3 is 5.97 Å². The number of nitrogens with zero attached hydrogens (tertiary/aromatic N) is 1. The highest BCUT2D eigenvalue weighted by molar-refractivity contribution is 5.94. The molecule has 5 nitrogen and oxygen atoms in total. The lowest BCUT2D eigenvalue weighted by Gasteiger charge is -2.11. The second-order valence-electron chi connectivity index (χ2n) is 2.97. The van der Waals surface area contributed by atoms with E-state index in [9.17, 15) is 4.79 Å². The maximum absolute atomic E-state index is 11.5. The van der Waals surface area contributed by atoms with Gasteiger partial charge in [0, 0.05) is 0 Å². The number of nitriles is 1. The zero-order chi connectivity index (χ0) is 12.1. The van der Waals surface area contributed by atoms with Crippen molar-refractivity contribution in [3.05, 3.63) is 28.8 Å². The van der Waals surface area contributed by atoms with Gasteiger partial charge in [-0.05, 0) is 17.7 Å². The molecule has 0 bridgehead atoms. The molecule has 0 aromatic heterocycles. The minimum Gasteiger partial charge on any atom is -0.496 e. The number of carbonyl (C=O) groups excluding carboxylic acids is 1. The Balaban J connectivity index is 3.44. The first-order valence-electron chi connectivity index (χ1n) is 4.48. The van der Waals surface area contributed by atoms with Gasteiger partial charge in [0.2, 0.25) is 0 Å². The summed E-state index contributed by atoms with van der Waals surface area (Å²) < 4.78 is 9.57. The van der Waals surface area contributed by atoms with E-state index in [-0.39, 0.29) is 17.9 Å². The molecule has 1 aromatic carbocycles. The Labute approximate surface area is 92.8 Å². The summed E-state index contributed by atoms with van der Waals surface area (Å²) in [5, 5.41) is 17.9. The fourth-order valence-corrected chi connectivity index (χ4v) is 1.36.